The Morgan fingerprint density at radius 3 is 2.83 bits per heavy atom. The molecule has 4 aromatic rings. The molecule has 154 valence electrons. The number of ether oxygens (including phenoxy) is 1. The molecule has 0 atom stereocenters. The highest BCUT2D eigenvalue weighted by Crippen LogP contribution is 2.41. The third-order valence-electron chi connectivity index (χ3n) is 6.50. The van der Waals surface area contributed by atoms with Crippen molar-refractivity contribution in [3.05, 3.63) is 30.7 Å². The SMILES string of the molecule is CNc1nc(NC2CCC3(CCO3)CC2)nc2[nH]cc(-c3ccc4nccn4n3)c12. The molecule has 1 aliphatic heterocycles. The van der Waals surface area contributed by atoms with E-state index in [1.165, 1.54) is 6.42 Å². The van der Waals surface area contributed by atoms with E-state index < -0.39 is 0 Å². The Morgan fingerprint density at radius 2 is 2.07 bits per heavy atom. The summed E-state index contributed by atoms with van der Waals surface area (Å²) in [5.41, 5.74) is 3.56. The maximum atomic E-state index is 5.83. The third kappa shape index (κ3) is 2.80. The molecule has 0 bridgehead atoms. The second-order valence-electron chi connectivity index (χ2n) is 8.22. The minimum absolute atomic E-state index is 0.164. The van der Waals surface area contributed by atoms with Gasteiger partial charge in [0.05, 0.1) is 23.3 Å². The molecule has 6 rings (SSSR count). The summed E-state index contributed by atoms with van der Waals surface area (Å²) in [6.45, 7) is 0.918. The fraction of sp³-hybridized carbons (Fsp3) is 0.429. The first-order valence-corrected chi connectivity index (χ1v) is 10.5. The Kier molecular flexibility index (Phi) is 3.92. The average Bonchev–Trinajstić information content (AvgIpc) is 3.39. The van der Waals surface area contributed by atoms with Gasteiger partial charge < -0.3 is 20.4 Å². The maximum absolute atomic E-state index is 5.83. The predicted molar refractivity (Wildman–Crippen MR) is 115 cm³/mol. The second kappa shape index (κ2) is 6.66. The van der Waals surface area contributed by atoms with Crippen molar-refractivity contribution >= 4 is 28.4 Å². The Balaban J connectivity index is 1.31. The number of nitrogens with one attached hydrogen (secondary N) is 3. The van der Waals surface area contributed by atoms with Gasteiger partial charge in [0.2, 0.25) is 5.95 Å². The summed E-state index contributed by atoms with van der Waals surface area (Å²) in [5, 5.41) is 12.4. The minimum atomic E-state index is 0.164. The summed E-state index contributed by atoms with van der Waals surface area (Å²) in [6.07, 6.45) is 11.1. The molecule has 1 spiro atoms. The van der Waals surface area contributed by atoms with Gasteiger partial charge in [-0.1, -0.05) is 0 Å². The molecule has 4 aromatic heterocycles. The number of nitrogens with zero attached hydrogens (tertiary/aromatic N) is 5. The van der Waals surface area contributed by atoms with Crippen molar-refractivity contribution in [3.8, 4) is 11.3 Å². The lowest BCUT2D eigenvalue weighted by Gasteiger charge is -2.46. The quantitative estimate of drug-likeness (QED) is 0.480. The molecule has 0 aromatic carbocycles. The number of aromatic amines is 1. The van der Waals surface area contributed by atoms with E-state index >= 15 is 0 Å². The highest BCUT2D eigenvalue weighted by molar-refractivity contribution is 6.00. The van der Waals surface area contributed by atoms with Crippen LogP contribution in [0.1, 0.15) is 32.1 Å². The van der Waals surface area contributed by atoms with Crippen LogP contribution in [0, 0.1) is 0 Å². The van der Waals surface area contributed by atoms with Gasteiger partial charge in [0, 0.05) is 37.2 Å². The molecule has 0 amide bonds. The van der Waals surface area contributed by atoms with Crippen molar-refractivity contribution < 1.29 is 4.74 Å². The molecule has 1 saturated heterocycles. The van der Waals surface area contributed by atoms with Crippen LogP contribution in [0.25, 0.3) is 27.9 Å². The Bertz CT molecular complexity index is 1210. The first-order chi connectivity index (χ1) is 14.7. The number of H-pyrrole nitrogens is 1. The van der Waals surface area contributed by atoms with Gasteiger partial charge >= 0.3 is 0 Å². The molecule has 5 heterocycles. The summed E-state index contributed by atoms with van der Waals surface area (Å²) < 4.78 is 7.60. The lowest BCUT2D eigenvalue weighted by atomic mass is 9.77. The van der Waals surface area contributed by atoms with Crippen molar-refractivity contribution in [2.24, 2.45) is 0 Å². The molecule has 3 N–H and O–H groups in total. The summed E-state index contributed by atoms with van der Waals surface area (Å²) in [4.78, 5) is 17.1. The van der Waals surface area contributed by atoms with Crippen LogP contribution in [0.3, 0.4) is 0 Å². The van der Waals surface area contributed by atoms with Crippen molar-refractivity contribution in [2.75, 3.05) is 24.3 Å². The zero-order valence-electron chi connectivity index (χ0n) is 16.9. The molecule has 9 nitrogen and oxygen atoms in total. The van der Waals surface area contributed by atoms with Gasteiger partial charge in [-0.2, -0.15) is 15.1 Å². The van der Waals surface area contributed by atoms with Crippen LogP contribution >= 0.6 is 0 Å². The van der Waals surface area contributed by atoms with E-state index in [4.69, 9.17) is 14.7 Å². The van der Waals surface area contributed by atoms with Crippen LogP contribution in [0.4, 0.5) is 11.8 Å². The fourth-order valence-electron chi connectivity index (χ4n) is 4.70. The van der Waals surface area contributed by atoms with Gasteiger partial charge in [0.25, 0.3) is 0 Å². The monoisotopic (exact) mass is 404 g/mol. The molecule has 0 radical (unpaired) electrons. The highest BCUT2D eigenvalue weighted by atomic mass is 16.5. The van der Waals surface area contributed by atoms with Crippen LogP contribution in [0.15, 0.2) is 30.7 Å². The van der Waals surface area contributed by atoms with Crippen LogP contribution in [-0.2, 0) is 4.74 Å². The van der Waals surface area contributed by atoms with Crippen LogP contribution in [-0.4, -0.2) is 54.8 Å². The van der Waals surface area contributed by atoms with E-state index in [0.717, 1.165) is 66.0 Å². The lowest BCUT2D eigenvalue weighted by Crippen LogP contribution is -2.48. The molecule has 2 aliphatic rings. The molecule has 9 heteroatoms. The number of aromatic nitrogens is 6. The average molecular weight is 404 g/mol. The van der Waals surface area contributed by atoms with E-state index in [1.807, 2.05) is 31.6 Å². The van der Waals surface area contributed by atoms with E-state index in [-0.39, 0.29) is 5.60 Å². The molecular formula is C21H24N8O. The number of fused-ring (bicyclic) bond motifs is 2. The first kappa shape index (κ1) is 17.6. The van der Waals surface area contributed by atoms with E-state index in [2.05, 4.69) is 25.7 Å². The fourth-order valence-corrected chi connectivity index (χ4v) is 4.70. The Hall–Kier alpha value is -3.20. The van der Waals surface area contributed by atoms with Gasteiger partial charge in [-0.25, -0.2) is 9.50 Å². The zero-order chi connectivity index (χ0) is 20.1. The van der Waals surface area contributed by atoms with Crippen molar-refractivity contribution in [2.45, 2.75) is 43.7 Å². The van der Waals surface area contributed by atoms with Crippen LogP contribution < -0.4 is 10.6 Å². The van der Waals surface area contributed by atoms with E-state index in [9.17, 15) is 0 Å². The summed E-state index contributed by atoms with van der Waals surface area (Å²) in [7, 11) is 1.88. The number of hydrogen-bond acceptors (Lipinski definition) is 7. The predicted octanol–water partition coefficient (Wildman–Crippen LogP) is 3.22. The largest absolute Gasteiger partial charge is 0.375 e. The molecule has 2 fully saturated rings. The van der Waals surface area contributed by atoms with Crippen molar-refractivity contribution in [1.29, 1.82) is 0 Å². The Labute approximate surface area is 173 Å². The number of imidazole rings is 1. The minimum Gasteiger partial charge on any atom is -0.375 e. The van der Waals surface area contributed by atoms with Gasteiger partial charge in [0.15, 0.2) is 5.65 Å². The zero-order valence-corrected chi connectivity index (χ0v) is 16.9. The van der Waals surface area contributed by atoms with Crippen LogP contribution in [0.5, 0.6) is 0 Å². The number of hydrogen-bond donors (Lipinski definition) is 3. The van der Waals surface area contributed by atoms with Gasteiger partial charge in [0.1, 0.15) is 11.5 Å². The third-order valence-corrected chi connectivity index (χ3v) is 6.50. The molecule has 1 aliphatic carbocycles. The van der Waals surface area contributed by atoms with Crippen molar-refractivity contribution in [3.63, 3.8) is 0 Å². The van der Waals surface area contributed by atoms with E-state index in [1.54, 1.807) is 10.7 Å². The molecule has 1 saturated carbocycles. The molecular weight excluding hydrogens is 380 g/mol. The van der Waals surface area contributed by atoms with E-state index in [0.29, 0.717) is 12.0 Å². The molecule has 0 unspecified atom stereocenters. The Morgan fingerprint density at radius 1 is 1.20 bits per heavy atom. The van der Waals surface area contributed by atoms with Gasteiger partial charge in [-0.05, 0) is 44.2 Å². The number of rotatable bonds is 4. The highest BCUT2D eigenvalue weighted by Gasteiger charge is 2.41. The number of anilines is 2. The maximum Gasteiger partial charge on any atom is 0.226 e. The topological polar surface area (TPSA) is 105 Å². The molecule has 30 heavy (non-hydrogen) atoms. The van der Waals surface area contributed by atoms with Crippen molar-refractivity contribution in [1.82, 2.24) is 29.5 Å². The van der Waals surface area contributed by atoms with Gasteiger partial charge in [-0.3, -0.25) is 0 Å². The lowest BCUT2D eigenvalue weighted by molar-refractivity contribution is -0.165. The second-order valence-corrected chi connectivity index (χ2v) is 8.22. The van der Waals surface area contributed by atoms with Gasteiger partial charge in [-0.15, -0.1) is 0 Å². The normalized spacial score (nSPS) is 23.7. The summed E-state index contributed by atoms with van der Waals surface area (Å²) in [5.74, 6) is 1.43. The smallest absolute Gasteiger partial charge is 0.226 e. The first-order valence-electron chi connectivity index (χ1n) is 10.5. The summed E-state index contributed by atoms with van der Waals surface area (Å²) >= 11 is 0. The summed E-state index contributed by atoms with van der Waals surface area (Å²) in [6, 6.07) is 4.30. The standard InChI is InChI=1S/C21H24N8O/c1-22-18-17-14(15-2-3-16-23-9-10-29(16)28-15)12-24-19(17)27-20(26-18)25-13-4-6-21(7-5-13)8-11-30-21/h2-3,9-10,12-13H,4-8,11H2,1H3,(H3,22,24,25,26,27). The van der Waals surface area contributed by atoms with Crippen LogP contribution in [0.2, 0.25) is 0 Å².